The SMILES string of the molecule is Cc1cc(Oc2ccccc2)ccc1N1C(=O)Nc2c(C(=O)N[C@@H]3CCCN(C(=O)C(C)CO)C3)sc3nccc1c23. The summed E-state index contributed by atoms with van der Waals surface area (Å²) in [6.45, 7) is 4.37. The van der Waals surface area contributed by atoms with Crippen LogP contribution in [-0.4, -0.2) is 58.6 Å². The molecular formula is C31H31N5O5S. The molecular weight excluding hydrogens is 554 g/mol. The molecule has 4 amide bonds. The van der Waals surface area contributed by atoms with Gasteiger partial charge in [0.25, 0.3) is 5.91 Å². The van der Waals surface area contributed by atoms with Gasteiger partial charge < -0.3 is 25.4 Å². The molecule has 0 radical (unpaired) electrons. The maximum absolute atomic E-state index is 13.6. The van der Waals surface area contributed by atoms with Crippen LogP contribution in [0, 0.1) is 12.8 Å². The van der Waals surface area contributed by atoms with Crippen molar-refractivity contribution in [1.82, 2.24) is 15.2 Å². The van der Waals surface area contributed by atoms with Gasteiger partial charge in [0.2, 0.25) is 5.91 Å². The van der Waals surface area contributed by atoms with Crippen LogP contribution >= 0.6 is 11.3 Å². The summed E-state index contributed by atoms with van der Waals surface area (Å²) in [5.74, 6) is 0.455. The van der Waals surface area contributed by atoms with Crippen LogP contribution < -0.4 is 20.3 Å². The van der Waals surface area contributed by atoms with Crippen LogP contribution in [0.2, 0.25) is 0 Å². The monoisotopic (exact) mass is 585 g/mol. The zero-order chi connectivity index (χ0) is 29.4. The number of hydrogen-bond donors (Lipinski definition) is 3. The largest absolute Gasteiger partial charge is 0.457 e. The van der Waals surface area contributed by atoms with Crippen LogP contribution in [0.3, 0.4) is 0 Å². The molecule has 6 rings (SSSR count). The Labute approximate surface area is 246 Å². The molecule has 2 aliphatic rings. The third kappa shape index (κ3) is 5.17. The van der Waals surface area contributed by atoms with E-state index in [2.05, 4.69) is 15.6 Å². The van der Waals surface area contributed by atoms with Crippen LogP contribution in [-0.2, 0) is 4.79 Å². The fraction of sp³-hybridized carbons (Fsp3) is 0.290. The van der Waals surface area contributed by atoms with Crippen LogP contribution in [0.1, 0.15) is 35.0 Å². The Kier molecular flexibility index (Phi) is 7.53. The number of rotatable bonds is 7. The van der Waals surface area contributed by atoms with Gasteiger partial charge in [0.15, 0.2) is 0 Å². The number of carbonyl (C=O) groups excluding carboxylic acids is 3. The molecule has 4 aromatic rings. The highest BCUT2D eigenvalue weighted by molar-refractivity contribution is 7.21. The predicted octanol–water partition coefficient (Wildman–Crippen LogP) is 5.43. The van der Waals surface area contributed by atoms with Crippen molar-refractivity contribution < 1.29 is 24.2 Å². The number of likely N-dealkylation sites (tertiary alicyclic amines) is 1. The van der Waals surface area contributed by atoms with Gasteiger partial charge >= 0.3 is 6.03 Å². The Balaban J connectivity index is 1.26. The number of para-hydroxylation sites is 1. The molecule has 3 N–H and O–H groups in total. The quantitative estimate of drug-likeness (QED) is 0.266. The summed E-state index contributed by atoms with van der Waals surface area (Å²) in [5, 5.41) is 16.1. The first-order valence-corrected chi connectivity index (χ1v) is 14.7. The molecule has 2 atom stereocenters. The van der Waals surface area contributed by atoms with Gasteiger partial charge in [-0.05, 0) is 61.7 Å². The number of piperidine rings is 1. The molecule has 4 heterocycles. The molecule has 1 fully saturated rings. The number of aromatic nitrogens is 1. The zero-order valence-corrected chi connectivity index (χ0v) is 24.1. The number of pyridine rings is 1. The maximum Gasteiger partial charge on any atom is 0.331 e. The van der Waals surface area contributed by atoms with E-state index in [1.165, 1.54) is 11.3 Å². The van der Waals surface area contributed by atoms with E-state index in [0.29, 0.717) is 51.0 Å². The van der Waals surface area contributed by atoms with Gasteiger partial charge in [-0.25, -0.2) is 9.78 Å². The lowest BCUT2D eigenvalue weighted by atomic mass is 10.0. The second kappa shape index (κ2) is 11.4. The number of ether oxygens (including phenoxy) is 1. The molecule has 42 heavy (non-hydrogen) atoms. The van der Waals surface area contributed by atoms with Crippen molar-refractivity contribution in [3.8, 4) is 11.5 Å². The maximum atomic E-state index is 13.6. The predicted molar refractivity (Wildman–Crippen MR) is 162 cm³/mol. The summed E-state index contributed by atoms with van der Waals surface area (Å²) < 4.78 is 5.97. The van der Waals surface area contributed by atoms with Crippen molar-refractivity contribution in [2.75, 3.05) is 29.9 Å². The number of urea groups is 1. The van der Waals surface area contributed by atoms with Crippen LogP contribution in [0.5, 0.6) is 11.5 Å². The highest BCUT2D eigenvalue weighted by Crippen LogP contribution is 2.46. The van der Waals surface area contributed by atoms with E-state index in [1.54, 1.807) is 29.0 Å². The molecule has 0 bridgehead atoms. The van der Waals surface area contributed by atoms with E-state index in [4.69, 9.17) is 4.74 Å². The Hall–Kier alpha value is -4.48. The highest BCUT2D eigenvalue weighted by atomic mass is 32.1. The van der Waals surface area contributed by atoms with E-state index in [1.807, 2.05) is 55.5 Å². The normalized spacial score (nSPS) is 17.1. The van der Waals surface area contributed by atoms with Gasteiger partial charge in [0.1, 0.15) is 21.2 Å². The molecule has 0 saturated carbocycles. The third-order valence-electron chi connectivity index (χ3n) is 7.60. The van der Waals surface area contributed by atoms with Crippen LogP contribution in [0.25, 0.3) is 10.2 Å². The van der Waals surface area contributed by atoms with E-state index >= 15 is 0 Å². The topological polar surface area (TPSA) is 124 Å². The van der Waals surface area contributed by atoms with Crippen molar-refractivity contribution >= 4 is 56.5 Å². The minimum absolute atomic E-state index is 0.121. The Morgan fingerprint density at radius 3 is 2.74 bits per heavy atom. The van der Waals surface area contributed by atoms with E-state index in [0.717, 1.165) is 24.2 Å². The number of anilines is 3. The van der Waals surface area contributed by atoms with Crippen LogP contribution in [0.15, 0.2) is 60.8 Å². The summed E-state index contributed by atoms with van der Waals surface area (Å²) in [6, 6.07) is 16.2. The molecule has 1 unspecified atom stereocenters. The van der Waals surface area contributed by atoms with Crippen molar-refractivity contribution in [2.45, 2.75) is 32.7 Å². The van der Waals surface area contributed by atoms with Gasteiger partial charge in [-0.2, -0.15) is 0 Å². The first-order chi connectivity index (χ1) is 20.3. The second-order valence-corrected chi connectivity index (χ2v) is 11.6. The van der Waals surface area contributed by atoms with Crippen molar-refractivity contribution in [1.29, 1.82) is 0 Å². The number of hydrogen-bond acceptors (Lipinski definition) is 7. The van der Waals surface area contributed by atoms with Crippen molar-refractivity contribution in [3.05, 3.63) is 71.2 Å². The number of carbonyl (C=O) groups is 3. The van der Waals surface area contributed by atoms with Crippen molar-refractivity contribution in [3.63, 3.8) is 0 Å². The minimum atomic E-state index is -0.481. The third-order valence-corrected chi connectivity index (χ3v) is 8.70. The second-order valence-electron chi connectivity index (χ2n) is 10.6. The standard InChI is InChI=1S/C31H31N5O5S/c1-18-15-22(41-21-8-4-3-5-9-21)10-11-23(18)36-24-12-13-32-29-25(24)26(34-31(36)40)27(42-29)28(38)33-20-7-6-14-35(16-20)30(39)19(2)17-37/h3-5,8-13,15,19-20,37H,6-7,14,16-17H2,1-2H3,(H,33,38)(H,34,40)/t19?,20-/m1/s1. The van der Waals surface area contributed by atoms with Gasteiger partial charge in [-0.15, -0.1) is 11.3 Å². The lowest BCUT2D eigenvalue weighted by Gasteiger charge is -2.34. The molecule has 1 saturated heterocycles. The Morgan fingerprint density at radius 2 is 1.98 bits per heavy atom. The lowest BCUT2D eigenvalue weighted by Crippen LogP contribution is -2.51. The summed E-state index contributed by atoms with van der Waals surface area (Å²) in [7, 11) is 0. The van der Waals surface area contributed by atoms with Gasteiger partial charge in [-0.3, -0.25) is 14.5 Å². The van der Waals surface area contributed by atoms with E-state index < -0.39 is 5.92 Å². The molecule has 2 aliphatic heterocycles. The van der Waals surface area contributed by atoms with E-state index in [9.17, 15) is 19.5 Å². The average Bonchev–Trinajstić information content (AvgIpc) is 3.37. The fourth-order valence-electron chi connectivity index (χ4n) is 5.49. The molecule has 216 valence electrons. The smallest absolute Gasteiger partial charge is 0.331 e. The molecule has 2 aromatic heterocycles. The highest BCUT2D eigenvalue weighted by Gasteiger charge is 2.34. The summed E-state index contributed by atoms with van der Waals surface area (Å²) in [5.41, 5.74) is 2.61. The van der Waals surface area contributed by atoms with Crippen LogP contribution in [0.4, 0.5) is 21.9 Å². The number of nitrogens with zero attached hydrogens (tertiary/aromatic N) is 3. The number of thiophene rings is 1. The summed E-state index contributed by atoms with van der Waals surface area (Å²) in [4.78, 5) is 48.5. The van der Waals surface area contributed by atoms with E-state index in [-0.39, 0.29) is 30.5 Å². The molecule has 2 aromatic carbocycles. The number of benzene rings is 2. The first-order valence-electron chi connectivity index (χ1n) is 13.9. The summed E-state index contributed by atoms with van der Waals surface area (Å²) in [6.07, 6.45) is 3.12. The van der Waals surface area contributed by atoms with Gasteiger partial charge in [-0.1, -0.05) is 25.1 Å². The molecule has 10 nitrogen and oxygen atoms in total. The molecule has 0 aliphatic carbocycles. The zero-order valence-electron chi connectivity index (χ0n) is 23.3. The van der Waals surface area contributed by atoms with Gasteiger partial charge in [0, 0.05) is 25.3 Å². The molecule has 0 spiro atoms. The van der Waals surface area contributed by atoms with Crippen molar-refractivity contribution in [2.24, 2.45) is 5.92 Å². The Bertz CT molecular complexity index is 1670. The number of aliphatic hydroxyl groups excluding tert-OH is 1. The fourth-order valence-corrected chi connectivity index (χ4v) is 6.51. The first kappa shape index (κ1) is 27.7. The number of amides is 4. The average molecular weight is 586 g/mol. The number of aliphatic hydroxyl groups is 1. The summed E-state index contributed by atoms with van der Waals surface area (Å²) >= 11 is 1.22. The number of nitrogens with one attached hydrogen (secondary N) is 2. The lowest BCUT2D eigenvalue weighted by molar-refractivity contribution is -0.137. The molecule has 11 heteroatoms. The minimum Gasteiger partial charge on any atom is -0.457 e. The Morgan fingerprint density at radius 1 is 1.17 bits per heavy atom. The van der Waals surface area contributed by atoms with Gasteiger partial charge in [0.05, 0.1) is 35.0 Å². The number of aryl methyl sites for hydroxylation is 1.